The van der Waals surface area contributed by atoms with Crippen molar-refractivity contribution in [3.05, 3.63) is 29.8 Å². The van der Waals surface area contributed by atoms with Crippen LogP contribution >= 0.6 is 12.6 Å². The van der Waals surface area contributed by atoms with Crippen LogP contribution in [0, 0.1) is 6.92 Å². The van der Waals surface area contributed by atoms with Gasteiger partial charge in [-0.25, -0.2) is 0 Å². The maximum absolute atomic E-state index is 11.2. The van der Waals surface area contributed by atoms with Gasteiger partial charge in [-0.05, 0) is 26.0 Å². The normalized spacial score (nSPS) is 12.2. The standard InChI is InChI=1S/C10H13NOS/c1-7-3-5-9(6-4-7)11-10(12)8(2)13/h3-6,8,13H,1-2H3,(H,11,12)/t8-/m0/s1. The minimum absolute atomic E-state index is 0.0767. The van der Waals surface area contributed by atoms with Crippen LogP contribution in [-0.2, 0) is 4.79 Å². The highest BCUT2D eigenvalue weighted by Crippen LogP contribution is 2.09. The predicted molar refractivity (Wildman–Crippen MR) is 58.3 cm³/mol. The fraction of sp³-hybridized carbons (Fsp3) is 0.300. The number of thiol groups is 1. The van der Waals surface area contributed by atoms with Crippen molar-refractivity contribution in [3.8, 4) is 0 Å². The monoisotopic (exact) mass is 195 g/mol. The van der Waals surface area contributed by atoms with Gasteiger partial charge in [-0.2, -0.15) is 12.6 Å². The number of aryl methyl sites for hydroxylation is 1. The summed E-state index contributed by atoms with van der Waals surface area (Å²) in [5, 5.41) is 2.48. The molecule has 0 aliphatic heterocycles. The van der Waals surface area contributed by atoms with Gasteiger partial charge in [0, 0.05) is 5.69 Å². The van der Waals surface area contributed by atoms with Crippen molar-refractivity contribution in [2.75, 3.05) is 5.32 Å². The molecule has 0 heterocycles. The Morgan fingerprint density at radius 2 is 1.92 bits per heavy atom. The Hall–Kier alpha value is -0.960. The van der Waals surface area contributed by atoms with Crippen LogP contribution in [0.5, 0.6) is 0 Å². The molecule has 1 rings (SSSR count). The summed E-state index contributed by atoms with van der Waals surface area (Å²) in [5.41, 5.74) is 1.99. The van der Waals surface area contributed by atoms with Gasteiger partial charge >= 0.3 is 0 Å². The first-order chi connectivity index (χ1) is 6.09. The fourth-order valence-corrected chi connectivity index (χ4v) is 0.948. The Labute approximate surface area is 83.8 Å². The molecule has 0 spiro atoms. The second kappa shape index (κ2) is 4.33. The predicted octanol–water partition coefficient (Wildman–Crippen LogP) is 2.25. The maximum atomic E-state index is 11.2. The van der Waals surface area contributed by atoms with Gasteiger partial charge in [-0.15, -0.1) is 0 Å². The summed E-state index contributed by atoms with van der Waals surface area (Å²) >= 11 is 4.03. The minimum atomic E-state index is -0.277. The summed E-state index contributed by atoms with van der Waals surface area (Å²) in [6.45, 7) is 3.75. The van der Waals surface area contributed by atoms with Crippen LogP contribution in [0.2, 0.25) is 0 Å². The van der Waals surface area contributed by atoms with E-state index in [2.05, 4.69) is 17.9 Å². The van der Waals surface area contributed by atoms with Crippen LogP contribution in [0.25, 0.3) is 0 Å². The van der Waals surface area contributed by atoms with Crippen molar-refractivity contribution in [3.63, 3.8) is 0 Å². The van der Waals surface area contributed by atoms with Gasteiger partial charge < -0.3 is 5.32 Å². The smallest absolute Gasteiger partial charge is 0.236 e. The summed E-state index contributed by atoms with van der Waals surface area (Å²) < 4.78 is 0. The Balaban J connectivity index is 2.65. The molecule has 1 aromatic rings. The van der Waals surface area contributed by atoms with Gasteiger partial charge in [-0.1, -0.05) is 17.7 Å². The highest BCUT2D eigenvalue weighted by molar-refractivity contribution is 7.81. The number of hydrogen-bond donors (Lipinski definition) is 2. The van der Waals surface area contributed by atoms with Gasteiger partial charge in [0.05, 0.1) is 5.25 Å². The summed E-state index contributed by atoms with van der Waals surface area (Å²) in [6.07, 6.45) is 0. The van der Waals surface area contributed by atoms with E-state index in [-0.39, 0.29) is 11.2 Å². The van der Waals surface area contributed by atoms with Crippen molar-refractivity contribution in [1.29, 1.82) is 0 Å². The lowest BCUT2D eigenvalue weighted by molar-refractivity contribution is -0.115. The molecule has 1 atom stereocenters. The largest absolute Gasteiger partial charge is 0.325 e. The molecule has 13 heavy (non-hydrogen) atoms. The molecule has 0 aliphatic rings. The average Bonchev–Trinajstić information content (AvgIpc) is 2.08. The van der Waals surface area contributed by atoms with Gasteiger partial charge in [-0.3, -0.25) is 4.79 Å². The molecular formula is C10H13NOS. The quantitative estimate of drug-likeness (QED) is 0.696. The molecule has 0 saturated heterocycles. The van der Waals surface area contributed by atoms with Crippen molar-refractivity contribution in [1.82, 2.24) is 0 Å². The molecule has 0 aromatic heterocycles. The molecule has 0 bridgehead atoms. The van der Waals surface area contributed by atoms with Gasteiger partial charge in [0.1, 0.15) is 0 Å². The first kappa shape index (κ1) is 10.1. The maximum Gasteiger partial charge on any atom is 0.236 e. The van der Waals surface area contributed by atoms with Crippen LogP contribution in [0.1, 0.15) is 12.5 Å². The summed E-state index contributed by atoms with van der Waals surface area (Å²) in [7, 11) is 0. The summed E-state index contributed by atoms with van der Waals surface area (Å²) in [4.78, 5) is 11.2. The van der Waals surface area contributed by atoms with Crippen molar-refractivity contribution in [2.45, 2.75) is 19.1 Å². The number of carbonyl (C=O) groups excluding carboxylic acids is 1. The molecule has 1 N–H and O–H groups in total. The zero-order valence-corrected chi connectivity index (χ0v) is 8.64. The zero-order valence-electron chi connectivity index (χ0n) is 7.74. The van der Waals surface area contributed by atoms with Crippen LogP contribution in [0.15, 0.2) is 24.3 Å². The minimum Gasteiger partial charge on any atom is -0.325 e. The molecule has 0 aliphatic carbocycles. The zero-order chi connectivity index (χ0) is 9.84. The molecule has 70 valence electrons. The molecule has 1 amide bonds. The van der Waals surface area contributed by atoms with E-state index in [1.165, 1.54) is 5.56 Å². The van der Waals surface area contributed by atoms with Crippen LogP contribution in [-0.4, -0.2) is 11.2 Å². The van der Waals surface area contributed by atoms with E-state index in [4.69, 9.17) is 0 Å². The number of amides is 1. The Morgan fingerprint density at radius 3 is 2.38 bits per heavy atom. The van der Waals surface area contributed by atoms with Crippen molar-refractivity contribution in [2.24, 2.45) is 0 Å². The number of hydrogen-bond acceptors (Lipinski definition) is 2. The molecule has 2 nitrogen and oxygen atoms in total. The highest BCUT2D eigenvalue weighted by Gasteiger charge is 2.06. The second-order valence-electron chi connectivity index (χ2n) is 3.03. The number of benzene rings is 1. The van der Waals surface area contributed by atoms with Crippen LogP contribution < -0.4 is 5.32 Å². The third-order valence-corrected chi connectivity index (χ3v) is 1.93. The van der Waals surface area contributed by atoms with E-state index in [0.717, 1.165) is 5.69 Å². The first-order valence-corrected chi connectivity index (χ1v) is 4.67. The van der Waals surface area contributed by atoms with Crippen molar-refractivity contribution >= 4 is 24.2 Å². The molecule has 3 heteroatoms. The number of carbonyl (C=O) groups is 1. The Bertz CT molecular complexity index is 292. The SMILES string of the molecule is Cc1ccc(NC(=O)[C@H](C)S)cc1. The molecule has 0 radical (unpaired) electrons. The molecule has 0 fully saturated rings. The topological polar surface area (TPSA) is 29.1 Å². The number of rotatable bonds is 2. The van der Waals surface area contributed by atoms with Crippen LogP contribution in [0.4, 0.5) is 5.69 Å². The molecular weight excluding hydrogens is 182 g/mol. The van der Waals surface area contributed by atoms with Gasteiger partial charge in [0.2, 0.25) is 5.91 Å². The third-order valence-electron chi connectivity index (χ3n) is 1.70. The Morgan fingerprint density at radius 1 is 1.38 bits per heavy atom. The molecule has 0 unspecified atom stereocenters. The summed E-state index contributed by atoms with van der Waals surface area (Å²) in [5.74, 6) is -0.0767. The highest BCUT2D eigenvalue weighted by atomic mass is 32.1. The van der Waals surface area contributed by atoms with E-state index in [0.29, 0.717) is 0 Å². The van der Waals surface area contributed by atoms with E-state index in [1.807, 2.05) is 31.2 Å². The molecule has 0 saturated carbocycles. The average molecular weight is 195 g/mol. The second-order valence-corrected chi connectivity index (χ2v) is 3.81. The lowest BCUT2D eigenvalue weighted by atomic mass is 10.2. The fourth-order valence-electron chi connectivity index (χ4n) is 0.884. The Kier molecular flexibility index (Phi) is 3.37. The third kappa shape index (κ3) is 3.11. The van der Waals surface area contributed by atoms with E-state index >= 15 is 0 Å². The number of anilines is 1. The lowest BCUT2D eigenvalue weighted by Gasteiger charge is -2.06. The van der Waals surface area contributed by atoms with E-state index in [1.54, 1.807) is 6.92 Å². The van der Waals surface area contributed by atoms with Gasteiger partial charge in [0.15, 0.2) is 0 Å². The van der Waals surface area contributed by atoms with E-state index in [9.17, 15) is 4.79 Å². The summed E-state index contributed by atoms with van der Waals surface area (Å²) in [6, 6.07) is 7.67. The van der Waals surface area contributed by atoms with Crippen LogP contribution in [0.3, 0.4) is 0 Å². The van der Waals surface area contributed by atoms with E-state index < -0.39 is 0 Å². The van der Waals surface area contributed by atoms with Gasteiger partial charge in [0.25, 0.3) is 0 Å². The van der Waals surface area contributed by atoms with Crippen molar-refractivity contribution < 1.29 is 4.79 Å². The molecule has 1 aromatic carbocycles. The first-order valence-electron chi connectivity index (χ1n) is 4.15. The lowest BCUT2D eigenvalue weighted by Crippen LogP contribution is -2.20. The number of nitrogens with one attached hydrogen (secondary N) is 1.